The lowest BCUT2D eigenvalue weighted by Gasteiger charge is -2.04. The minimum atomic E-state index is -0.623. The van der Waals surface area contributed by atoms with Crippen molar-refractivity contribution in [3.63, 3.8) is 0 Å². The lowest BCUT2D eigenvalue weighted by molar-refractivity contribution is 0.0600. The Labute approximate surface area is 139 Å². The van der Waals surface area contributed by atoms with Gasteiger partial charge < -0.3 is 9.15 Å². The van der Waals surface area contributed by atoms with Crippen molar-refractivity contribution in [1.82, 2.24) is 9.97 Å². The van der Waals surface area contributed by atoms with Crippen LogP contribution in [0.3, 0.4) is 0 Å². The number of rotatable bonds is 2. The van der Waals surface area contributed by atoms with E-state index in [0.717, 1.165) is 0 Å². The Morgan fingerprint density at radius 3 is 2.43 bits per heavy atom. The molecule has 3 rings (SSSR count). The summed E-state index contributed by atoms with van der Waals surface area (Å²) in [5, 5.41) is 1.20. The molecular weight excluding hydrogens is 343 g/mol. The number of methoxy groups -OCH3 is 1. The Kier molecular flexibility index (Phi) is 4.02. The van der Waals surface area contributed by atoms with Crippen molar-refractivity contribution in [2.45, 2.75) is 0 Å². The van der Waals surface area contributed by atoms with Gasteiger partial charge in [0, 0.05) is 23.8 Å². The van der Waals surface area contributed by atoms with E-state index in [2.05, 4.69) is 14.7 Å². The molecule has 0 saturated carbocycles. The van der Waals surface area contributed by atoms with Gasteiger partial charge in [-0.25, -0.2) is 19.6 Å². The topological polar surface area (TPSA) is 82.3 Å². The van der Waals surface area contributed by atoms with Gasteiger partial charge in [0.2, 0.25) is 0 Å². The third-order valence-corrected chi connectivity index (χ3v) is 3.81. The van der Waals surface area contributed by atoms with Crippen molar-refractivity contribution in [3.05, 3.63) is 56.6 Å². The molecule has 0 aliphatic carbocycles. The molecular formula is C15H8Cl2N2O4. The van der Waals surface area contributed by atoms with Crippen LogP contribution < -0.4 is 5.63 Å². The molecule has 0 aliphatic rings. The zero-order valence-electron chi connectivity index (χ0n) is 11.7. The van der Waals surface area contributed by atoms with Crippen LogP contribution in [0.15, 0.2) is 39.8 Å². The molecule has 2 heterocycles. The van der Waals surface area contributed by atoms with Gasteiger partial charge in [-0.3, -0.25) is 0 Å². The molecule has 0 spiro atoms. The summed E-state index contributed by atoms with van der Waals surface area (Å²) in [5.74, 6) is -0.442. The maximum absolute atomic E-state index is 12.1. The summed E-state index contributed by atoms with van der Waals surface area (Å²) in [6.07, 6.45) is 2.54. The first-order valence-electron chi connectivity index (χ1n) is 6.33. The molecule has 6 nitrogen and oxygen atoms in total. The molecule has 0 radical (unpaired) electrons. The number of aromatic nitrogens is 2. The summed E-state index contributed by atoms with van der Waals surface area (Å²) < 4.78 is 9.77. The van der Waals surface area contributed by atoms with E-state index >= 15 is 0 Å². The molecule has 0 amide bonds. The van der Waals surface area contributed by atoms with Crippen LogP contribution in [0.25, 0.3) is 22.4 Å². The van der Waals surface area contributed by atoms with Crippen LogP contribution in [-0.2, 0) is 4.74 Å². The van der Waals surface area contributed by atoms with E-state index in [9.17, 15) is 9.59 Å². The smallest absolute Gasteiger partial charge is 0.347 e. The van der Waals surface area contributed by atoms with Crippen molar-refractivity contribution in [2.24, 2.45) is 0 Å². The normalized spacial score (nSPS) is 10.7. The molecule has 1 aromatic carbocycles. The molecule has 116 valence electrons. The lowest BCUT2D eigenvalue weighted by Crippen LogP contribution is -2.07. The van der Waals surface area contributed by atoms with Crippen LogP contribution >= 0.6 is 23.2 Å². The standard InChI is InChI=1S/C15H8Cl2N2O4/c1-22-14(20)8-5-18-13(19-6-8)9-2-7-3-10(16)11(17)4-12(7)23-15(9)21/h2-6H,1H3. The number of hydrogen-bond acceptors (Lipinski definition) is 6. The van der Waals surface area contributed by atoms with Crippen LogP contribution in [0.4, 0.5) is 0 Å². The first-order chi connectivity index (χ1) is 11.0. The summed E-state index contributed by atoms with van der Waals surface area (Å²) in [6.45, 7) is 0. The number of halogens is 2. The molecule has 8 heteroatoms. The maximum Gasteiger partial charge on any atom is 0.347 e. The minimum absolute atomic E-state index is 0.124. The number of carbonyl (C=O) groups is 1. The zero-order valence-corrected chi connectivity index (χ0v) is 13.2. The van der Waals surface area contributed by atoms with Gasteiger partial charge in [0.05, 0.1) is 22.7 Å². The molecule has 0 fully saturated rings. The fraction of sp³-hybridized carbons (Fsp3) is 0.0667. The zero-order chi connectivity index (χ0) is 16.6. The van der Waals surface area contributed by atoms with Gasteiger partial charge in [-0.2, -0.15) is 0 Å². The summed E-state index contributed by atoms with van der Waals surface area (Å²) in [4.78, 5) is 31.4. The van der Waals surface area contributed by atoms with E-state index in [1.165, 1.54) is 25.6 Å². The third kappa shape index (κ3) is 2.91. The number of nitrogens with zero attached hydrogens (tertiary/aromatic N) is 2. The second kappa shape index (κ2) is 5.98. The average molecular weight is 351 g/mol. The SMILES string of the molecule is COC(=O)c1cnc(-c2cc3cc(Cl)c(Cl)cc3oc2=O)nc1. The Bertz CT molecular complexity index is 968. The number of ether oxygens (including phenoxy) is 1. The predicted molar refractivity (Wildman–Crippen MR) is 84.9 cm³/mol. The van der Waals surface area contributed by atoms with Gasteiger partial charge in [-0.1, -0.05) is 23.2 Å². The summed E-state index contributed by atoms with van der Waals surface area (Å²) in [7, 11) is 1.25. The van der Waals surface area contributed by atoms with Gasteiger partial charge in [0.1, 0.15) is 11.1 Å². The van der Waals surface area contributed by atoms with Crippen molar-refractivity contribution in [2.75, 3.05) is 7.11 Å². The molecule has 0 N–H and O–H groups in total. The number of fused-ring (bicyclic) bond motifs is 1. The van der Waals surface area contributed by atoms with Crippen LogP contribution in [0.5, 0.6) is 0 Å². The average Bonchev–Trinajstić information content (AvgIpc) is 2.55. The van der Waals surface area contributed by atoms with Gasteiger partial charge in [-0.05, 0) is 12.1 Å². The van der Waals surface area contributed by atoms with Gasteiger partial charge in [-0.15, -0.1) is 0 Å². The van der Waals surface area contributed by atoms with E-state index in [1.807, 2.05) is 0 Å². The van der Waals surface area contributed by atoms with Crippen LogP contribution in [0.1, 0.15) is 10.4 Å². The maximum atomic E-state index is 12.1. The second-order valence-corrected chi connectivity index (χ2v) is 5.35. The Hall–Kier alpha value is -2.44. The second-order valence-electron chi connectivity index (χ2n) is 4.54. The Morgan fingerprint density at radius 2 is 1.78 bits per heavy atom. The van der Waals surface area contributed by atoms with Crippen LogP contribution in [-0.4, -0.2) is 23.0 Å². The molecule has 0 bridgehead atoms. The Morgan fingerprint density at radius 1 is 1.13 bits per heavy atom. The largest absolute Gasteiger partial charge is 0.465 e. The number of hydrogen-bond donors (Lipinski definition) is 0. The molecule has 23 heavy (non-hydrogen) atoms. The summed E-state index contributed by atoms with van der Waals surface area (Å²) in [6, 6.07) is 4.59. The highest BCUT2D eigenvalue weighted by molar-refractivity contribution is 6.42. The predicted octanol–water partition coefficient (Wildman–Crippen LogP) is 3.34. The van der Waals surface area contributed by atoms with Gasteiger partial charge in [0.15, 0.2) is 5.82 Å². The molecule has 0 unspecified atom stereocenters. The first-order valence-corrected chi connectivity index (χ1v) is 7.09. The van der Waals surface area contributed by atoms with Crippen molar-refractivity contribution >= 4 is 40.1 Å². The van der Waals surface area contributed by atoms with E-state index in [4.69, 9.17) is 27.6 Å². The highest BCUT2D eigenvalue weighted by Crippen LogP contribution is 2.28. The van der Waals surface area contributed by atoms with Crippen molar-refractivity contribution in [3.8, 4) is 11.4 Å². The van der Waals surface area contributed by atoms with E-state index < -0.39 is 11.6 Å². The minimum Gasteiger partial charge on any atom is -0.465 e. The molecule has 3 aromatic rings. The van der Waals surface area contributed by atoms with Gasteiger partial charge >= 0.3 is 11.6 Å². The highest BCUT2D eigenvalue weighted by atomic mass is 35.5. The summed E-state index contributed by atoms with van der Waals surface area (Å²) in [5.41, 5.74) is 0.00426. The van der Waals surface area contributed by atoms with E-state index in [0.29, 0.717) is 16.0 Å². The van der Waals surface area contributed by atoms with Crippen LogP contribution in [0.2, 0.25) is 10.0 Å². The van der Waals surface area contributed by atoms with E-state index in [1.54, 1.807) is 12.1 Å². The quantitative estimate of drug-likeness (QED) is 0.520. The molecule has 0 saturated heterocycles. The lowest BCUT2D eigenvalue weighted by atomic mass is 10.1. The summed E-state index contributed by atoms with van der Waals surface area (Å²) >= 11 is 11.9. The van der Waals surface area contributed by atoms with Crippen LogP contribution in [0, 0.1) is 0 Å². The Balaban J connectivity index is 2.12. The monoisotopic (exact) mass is 350 g/mol. The van der Waals surface area contributed by atoms with Gasteiger partial charge in [0.25, 0.3) is 0 Å². The van der Waals surface area contributed by atoms with E-state index in [-0.39, 0.29) is 22.0 Å². The number of benzene rings is 1. The fourth-order valence-electron chi connectivity index (χ4n) is 1.96. The molecule has 0 atom stereocenters. The molecule has 0 aliphatic heterocycles. The fourth-order valence-corrected chi connectivity index (χ4v) is 2.29. The highest BCUT2D eigenvalue weighted by Gasteiger charge is 2.13. The third-order valence-electron chi connectivity index (χ3n) is 3.09. The molecule has 2 aromatic heterocycles. The van der Waals surface area contributed by atoms with Crippen molar-refractivity contribution in [1.29, 1.82) is 0 Å². The number of esters is 1. The van der Waals surface area contributed by atoms with Crippen molar-refractivity contribution < 1.29 is 13.9 Å². The number of carbonyl (C=O) groups excluding carboxylic acids is 1. The first kappa shape index (κ1) is 15.5.